The summed E-state index contributed by atoms with van der Waals surface area (Å²) >= 11 is 0. The second-order valence-corrected chi connectivity index (χ2v) is 7.68. The van der Waals surface area contributed by atoms with Crippen molar-refractivity contribution in [2.75, 3.05) is 32.1 Å². The minimum absolute atomic E-state index is 0.181. The molecule has 4 rings (SSSR count). The van der Waals surface area contributed by atoms with Crippen molar-refractivity contribution in [3.8, 4) is 0 Å². The lowest BCUT2D eigenvalue weighted by molar-refractivity contribution is 0.0633. The molecule has 0 bridgehead atoms. The Bertz CT molecular complexity index is 898. The van der Waals surface area contributed by atoms with Gasteiger partial charge in [-0.2, -0.15) is 0 Å². The first-order valence-electron chi connectivity index (χ1n) is 9.18. The molecule has 2 heterocycles. The molecule has 0 radical (unpaired) electrons. The molecule has 7 heteroatoms. The first kappa shape index (κ1) is 17.8. The molecular formula is C20H22F2N4O. The van der Waals surface area contributed by atoms with Crippen LogP contribution in [0, 0.1) is 11.6 Å². The Morgan fingerprint density at radius 1 is 1.22 bits per heavy atom. The smallest absolute Gasteiger partial charge is 0.253 e. The van der Waals surface area contributed by atoms with Crippen LogP contribution < -0.4 is 4.90 Å². The zero-order valence-corrected chi connectivity index (χ0v) is 15.5. The average Bonchev–Trinajstić information content (AvgIpc) is 3.00. The highest BCUT2D eigenvalue weighted by Gasteiger charge is 2.45. The number of fused-ring (bicyclic) bond motifs is 2. The Morgan fingerprint density at radius 2 is 2.04 bits per heavy atom. The molecule has 1 aliphatic carbocycles. The maximum Gasteiger partial charge on any atom is 0.253 e. The molecule has 1 fully saturated rings. The predicted octanol–water partition coefficient (Wildman–Crippen LogP) is 2.94. The van der Waals surface area contributed by atoms with Crippen LogP contribution in [0.2, 0.25) is 0 Å². The van der Waals surface area contributed by atoms with Gasteiger partial charge in [0.2, 0.25) is 5.95 Å². The summed E-state index contributed by atoms with van der Waals surface area (Å²) in [5.74, 6) is -1.54. The second-order valence-electron chi connectivity index (χ2n) is 7.68. The number of aryl methyl sites for hydroxylation is 1. The summed E-state index contributed by atoms with van der Waals surface area (Å²) in [5, 5.41) is 0. The van der Waals surface area contributed by atoms with E-state index in [0.717, 1.165) is 49.1 Å². The Hall–Kier alpha value is -2.57. The van der Waals surface area contributed by atoms with Crippen molar-refractivity contribution in [1.29, 1.82) is 0 Å². The van der Waals surface area contributed by atoms with E-state index < -0.39 is 11.6 Å². The second kappa shape index (κ2) is 6.55. The Morgan fingerprint density at radius 3 is 2.78 bits per heavy atom. The Kier molecular flexibility index (Phi) is 4.32. The number of aromatic nitrogens is 2. The molecule has 1 aromatic carbocycles. The maximum atomic E-state index is 13.6. The minimum atomic E-state index is -0.998. The lowest BCUT2D eigenvalue weighted by Crippen LogP contribution is -2.48. The highest BCUT2D eigenvalue weighted by atomic mass is 19.2. The first-order valence-corrected chi connectivity index (χ1v) is 9.18. The van der Waals surface area contributed by atoms with E-state index in [2.05, 4.69) is 4.98 Å². The topological polar surface area (TPSA) is 49.3 Å². The number of halogens is 2. The standard InChI is InChI=1S/C20H22F2N4O/c1-25(2)19-23-11-14-6-8-20(17(14)24-19)7-3-9-26(12-20)18(27)13-4-5-15(21)16(22)10-13/h4-5,10-11H,3,6-9,12H2,1-2H3. The summed E-state index contributed by atoms with van der Waals surface area (Å²) in [4.78, 5) is 25.7. The zero-order valence-electron chi connectivity index (χ0n) is 15.5. The number of likely N-dealkylation sites (tertiary alicyclic amines) is 1. The van der Waals surface area contributed by atoms with E-state index in [4.69, 9.17) is 4.98 Å². The molecule has 1 amide bonds. The van der Waals surface area contributed by atoms with Crippen molar-refractivity contribution in [2.24, 2.45) is 0 Å². The number of amides is 1. The van der Waals surface area contributed by atoms with E-state index in [-0.39, 0.29) is 16.9 Å². The van der Waals surface area contributed by atoms with Crippen LogP contribution in [0.5, 0.6) is 0 Å². The third-order valence-corrected chi connectivity index (χ3v) is 5.66. The van der Waals surface area contributed by atoms with Crippen LogP contribution in [0.25, 0.3) is 0 Å². The van der Waals surface area contributed by atoms with Gasteiger partial charge in [0.1, 0.15) is 0 Å². The van der Waals surface area contributed by atoms with Crippen LogP contribution in [0.3, 0.4) is 0 Å². The van der Waals surface area contributed by atoms with Gasteiger partial charge in [0.15, 0.2) is 11.6 Å². The number of carbonyl (C=O) groups excluding carboxylic acids is 1. The fourth-order valence-corrected chi connectivity index (χ4v) is 4.26. The molecule has 1 unspecified atom stereocenters. The zero-order chi connectivity index (χ0) is 19.2. The molecule has 1 aromatic heterocycles. The van der Waals surface area contributed by atoms with Gasteiger partial charge in [-0.1, -0.05) is 0 Å². The number of hydrogen-bond donors (Lipinski definition) is 0. The van der Waals surface area contributed by atoms with Gasteiger partial charge >= 0.3 is 0 Å². The quantitative estimate of drug-likeness (QED) is 0.813. The first-order chi connectivity index (χ1) is 12.9. The van der Waals surface area contributed by atoms with Crippen molar-refractivity contribution >= 4 is 11.9 Å². The van der Waals surface area contributed by atoms with Crippen LogP contribution in [0.4, 0.5) is 14.7 Å². The van der Waals surface area contributed by atoms with Crippen LogP contribution in [0.1, 0.15) is 40.9 Å². The summed E-state index contributed by atoms with van der Waals surface area (Å²) in [6.07, 6.45) is 5.54. The van der Waals surface area contributed by atoms with Crippen molar-refractivity contribution < 1.29 is 13.6 Å². The van der Waals surface area contributed by atoms with Crippen LogP contribution in [-0.4, -0.2) is 48.0 Å². The lowest BCUT2D eigenvalue weighted by Gasteiger charge is -2.40. The largest absolute Gasteiger partial charge is 0.347 e. The molecule has 1 atom stereocenters. The fourth-order valence-electron chi connectivity index (χ4n) is 4.26. The van der Waals surface area contributed by atoms with Crippen molar-refractivity contribution in [3.05, 3.63) is 52.9 Å². The van der Waals surface area contributed by atoms with E-state index in [0.29, 0.717) is 19.0 Å². The van der Waals surface area contributed by atoms with Gasteiger partial charge in [-0.3, -0.25) is 4.79 Å². The van der Waals surface area contributed by atoms with Crippen molar-refractivity contribution in [3.63, 3.8) is 0 Å². The molecule has 2 aliphatic rings. The van der Waals surface area contributed by atoms with Crippen LogP contribution in [0.15, 0.2) is 24.4 Å². The molecule has 0 N–H and O–H groups in total. The highest BCUT2D eigenvalue weighted by Crippen LogP contribution is 2.44. The fraction of sp³-hybridized carbons (Fsp3) is 0.450. The molecule has 27 heavy (non-hydrogen) atoms. The SMILES string of the molecule is CN(C)c1ncc2c(n1)C1(CCCN(C(=O)c3ccc(F)c(F)c3)C1)CC2. The maximum absolute atomic E-state index is 13.6. The molecule has 142 valence electrons. The van der Waals surface area contributed by atoms with Gasteiger partial charge < -0.3 is 9.80 Å². The van der Waals surface area contributed by atoms with Gasteiger partial charge in [0.25, 0.3) is 5.91 Å². The number of nitrogens with zero attached hydrogens (tertiary/aromatic N) is 4. The van der Waals surface area contributed by atoms with Crippen molar-refractivity contribution in [2.45, 2.75) is 31.1 Å². The molecule has 0 saturated carbocycles. The number of piperidine rings is 1. The molecule has 2 aromatic rings. The Balaban J connectivity index is 1.63. The summed E-state index contributed by atoms with van der Waals surface area (Å²) in [7, 11) is 3.81. The van der Waals surface area contributed by atoms with Crippen molar-refractivity contribution in [1.82, 2.24) is 14.9 Å². The number of hydrogen-bond acceptors (Lipinski definition) is 4. The molecule has 1 aliphatic heterocycles. The number of carbonyl (C=O) groups is 1. The third-order valence-electron chi connectivity index (χ3n) is 5.66. The predicted molar refractivity (Wildman–Crippen MR) is 97.9 cm³/mol. The van der Waals surface area contributed by atoms with E-state index >= 15 is 0 Å². The molecular weight excluding hydrogens is 350 g/mol. The summed E-state index contributed by atoms with van der Waals surface area (Å²) in [6, 6.07) is 3.33. The normalized spacial score (nSPS) is 21.4. The minimum Gasteiger partial charge on any atom is -0.347 e. The number of benzene rings is 1. The number of anilines is 1. The van der Waals surface area contributed by atoms with E-state index in [9.17, 15) is 13.6 Å². The van der Waals surface area contributed by atoms with E-state index in [1.165, 1.54) is 6.07 Å². The van der Waals surface area contributed by atoms with Gasteiger partial charge in [-0.15, -0.1) is 0 Å². The number of rotatable bonds is 2. The molecule has 1 saturated heterocycles. The van der Waals surface area contributed by atoms with Crippen LogP contribution >= 0.6 is 0 Å². The van der Waals surface area contributed by atoms with Crippen LogP contribution in [-0.2, 0) is 11.8 Å². The van der Waals surface area contributed by atoms with E-state index in [1.54, 1.807) is 4.90 Å². The summed E-state index contributed by atoms with van der Waals surface area (Å²) in [6.45, 7) is 1.16. The summed E-state index contributed by atoms with van der Waals surface area (Å²) < 4.78 is 26.7. The summed E-state index contributed by atoms with van der Waals surface area (Å²) in [5.41, 5.74) is 2.17. The van der Waals surface area contributed by atoms with Gasteiger partial charge in [-0.25, -0.2) is 18.7 Å². The monoisotopic (exact) mass is 372 g/mol. The lowest BCUT2D eigenvalue weighted by atomic mass is 9.77. The van der Waals surface area contributed by atoms with Gasteiger partial charge in [0.05, 0.1) is 5.69 Å². The highest BCUT2D eigenvalue weighted by molar-refractivity contribution is 5.94. The van der Waals surface area contributed by atoms with Gasteiger partial charge in [-0.05, 0) is 49.4 Å². The molecule has 5 nitrogen and oxygen atoms in total. The third kappa shape index (κ3) is 3.05. The van der Waals surface area contributed by atoms with E-state index in [1.807, 2.05) is 25.2 Å². The van der Waals surface area contributed by atoms with Gasteiger partial charge in [0, 0.05) is 44.4 Å². The molecule has 1 spiro atoms. The Labute approximate surface area is 157 Å². The average molecular weight is 372 g/mol.